The van der Waals surface area contributed by atoms with Gasteiger partial charge in [-0.05, 0) is 38.0 Å². The summed E-state index contributed by atoms with van der Waals surface area (Å²) in [6, 6.07) is 4.63. The summed E-state index contributed by atoms with van der Waals surface area (Å²) in [7, 11) is 1.47. The zero-order chi connectivity index (χ0) is 23.3. The van der Waals surface area contributed by atoms with Gasteiger partial charge >= 0.3 is 5.69 Å². The molecule has 32 heavy (non-hydrogen) atoms. The van der Waals surface area contributed by atoms with Crippen LogP contribution in [0.2, 0.25) is 5.02 Å². The summed E-state index contributed by atoms with van der Waals surface area (Å²) in [5.74, 6) is -0.00377. The lowest BCUT2D eigenvalue weighted by atomic mass is 9.94. The molecule has 1 aliphatic carbocycles. The second kappa shape index (κ2) is 10.6. The molecular weight excluding hydrogens is 436 g/mol. The van der Waals surface area contributed by atoms with Crippen LogP contribution in [0.3, 0.4) is 0 Å². The van der Waals surface area contributed by atoms with E-state index < -0.39 is 23.3 Å². The predicted molar refractivity (Wildman–Crippen MR) is 120 cm³/mol. The Labute approximate surface area is 192 Å². The maximum absolute atomic E-state index is 12.8. The van der Waals surface area contributed by atoms with Crippen molar-refractivity contribution in [2.24, 2.45) is 0 Å². The zero-order valence-electron chi connectivity index (χ0n) is 18.5. The Hall–Kier alpha value is -2.20. The normalized spacial score (nSPS) is 17.0. The molecule has 9 nitrogen and oxygen atoms in total. The molecule has 1 aliphatic rings. The molecule has 0 spiro atoms. The predicted octanol–water partition coefficient (Wildman–Crippen LogP) is 1.82. The molecule has 176 valence electrons. The van der Waals surface area contributed by atoms with E-state index >= 15 is 0 Å². The molecule has 2 aromatic rings. The number of amides is 1. The van der Waals surface area contributed by atoms with Gasteiger partial charge < -0.3 is 20.3 Å². The molecule has 3 N–H and O–H groups in total. The highest BCUT2D eigenvalue weighted by atomic mass is 35.5. The number of aliphatic hydroxyl groups excluding tert-OH is 1. The van der Waals surface area contributed by atoms with Gasteiger partial charge in [0, 0.05) is 13.7 Å². The first-order valence-corrected chi connectivity index (χ1v) is 11.3. The first-order chi connectivity index (χ1) is 15.2. The molecule has 1 aromatic carbocycles. The monoisotopic (exact) mass is 466 g/mol. The van der Waals surface area contributed by atoms with E-state index in [0.29, 0.717) is 24.4 Å². The maximum Gasteiger partial charge on any atom is 0.350 e. The van der Waals surface area contributed by atoms with Crippen LogP contribution in [0, 0.1) is 6.92 Å². The average Bonchev–Trinajstić information content (AvgIpc) is 2.91. The van der Waals surface area contributed by atoms with E-state index in [9.17, 15) is 19.8 Å². The number of ether oxygens (including phenoxy) is 1. The smallest absolute Gasteiger partial charge is 0.350 e. The SMILES string of the molecule is COCC(O)Cn1c(C)nn(-c2ccc(Cl)c(C(=O)NCC3(O)CCCCCC3)c2)c1=O. The molecule has 1 unspecified atom stereocenters. The highest BCUT2D eigenvalue weighted by Crippen LogP contribution is 2.27. The van der Waals surface area contributed by atoms with Crippen LogP contribution in [0.15, 0.2) is 23.0 Å². The van der Waals surface area contributed by atoms with Gasteiger partial charge in [-0.1, -0.05) is 37.3 Å². The summed E-state index contributed by atoms with van der Waals surface area (Å²) in [6.45, 7) is 1.94. The highest BCUT2D eigenvalue weighted by Gasteiger charge is 2.29. The molecule has 1 fully saturated rings. The highest BCUT2D eigenvalue weighted by molar-refractivity contribution is 6.33. The van der Waals surface area contributed by atoms with Crippen molar-refractivity contribution in [3.05, 3.63) is 45.1 Å². The van der Waals surface area contributed by atoms with Crippen LogP contribution in [0.25, 0.3) is 5.69 Å². The van der Waals surface area contributed by atoms with Crippen molar-refractivity contribution in [2.75, 3.05) is 20.3 Å². The van der Waals surface area contributed by atoms with Gasteiger partial charge in [-0.25, -0.2) is 4.79 Å². The molecule has 0 aliphatic heterocycles. The number of halogens is 1. The van der Waals surface area contributed by atoms with Crippen LogP contribution in [-0.2, 0) is 11.3 Å². The second-order valence-electron chi connectivity index (χ2n) is 8.45. The molecule has 1 aromatic heterocycles. The van der Waals surface area contributed by atoms with E-state index in [1.54, 1.807) is 13.0 Å². The maximum atomic E-state index is 12.8. The number of methoxy groups -OCH3 is 1. The third-order valence-electron chi connectivity index (χ3n) is 5.85. The van der Waals surface area contributed by atoms with E-state index in [0.717, 1.165) is 25.7 Å². The lowest BCUT2D eigenvalue weighted by Gasteiger charge is -2.26. The van der Waals surface area contributed by atoms with E-state index in [1.165, 1.54) is 28.5 Å². The quantitative estimate of drug-likeness (QED) is 0.510. The molecule has 0 radical (unpaired) electrons. The van der Waals surface area contributed by atoms with Gasteiger partial charge in [0.15, 0.2) is 0 Å². The fraction of sp³-hybridized carbons (Fsp3) is 0.591. The number of hydrogen-bond donors (Lipinski definition) is 3. The van der Waals surface area contributed by atoms with E-state index in [-0.39, 0.29) is 30.3 Å². The number of carbonyl (C=O) groups is 1. The Morgan fingerprint density at radius 1 is 1.31 bits per heavy atom. The van der Waals surface area contributed by atoms with Crippen molar-refractivity contribution < 1.29 is 19.7 Å². The molecule has 1 atom stereocenters. The van der Waals surface area contributed by atoms with Gasteiger partial charge in [0.25, 0.3) is 5.91 Å². The summed E-state index contributed by atoms with van der Waals surface area (Å²) in [5.41, 5.74) is -0.786. The summed E-state index contributed by atoms with van der Waals surface area (Å²) in [4.78, 5) is 25.7. The van der Waals surface area contributed by atoms with E-state index in [1.807, 2.05) is 0 Å². The molecule has 10 heteroatoms. The summed E-state index contributed by atoms with van der Waals surface area (Å²) >= 11 is 6.26. The lowest BCUT2D eigenvalue weighted by molar-refractivity contribution is 0.0246. The Bertz CT molecular complexity index is 995. The van der Waals surface area contributed by atoms with Crippen molar-refractivity contribution in [1.82, 2.24) is 19.7 Å². The minimum Gasteiger partial charge on any atom is -0.389 e. The van der Waals surface area contributed by atoms with Gasteiger partial charge in [0.1, 0.15) is 5.82 Å². The van der Waals surface area contributed by atoms with Crippen LogP contribution in [-0.4, -0.2) is 62.4 Å². The first-order valence-electron chi connectivity index (χ1n) is 10.9. The molecular formula is C22H31ClN4O5. The Balaban J connectivity index is 1.80. The van der Waals surface area contributed by atoms with Crippen LogP contribution >= 0.6 is 11.6 Å². The number of aliphatic hydroxyl groups is 2. The fourth-order valence-corrected chi connectivity index (χ4v) is 4.25. The zero-order valence-corrected chi connectivity index (χ0v) is 19.3. The molecule has 1 heterocycles. The number of nitrogens with one attached hydrogen (secondary N) is 1. The van der Waals surface area contributed by atoms with Crippen molar-refractivity contribution >= 4 is 17.5 Å². The van der Waals surface area contributed by atoms with Crippen molar-refractivity contribution in [3.63, 3.8) is 0 Å². The number of carbonyl (C=O) groups excluding carboxylic acids is 1. The number of benzene rings is 1. The van der Waals surface area contributed by atoms with Crippen molar-refractivity contribution in [1.29, 1.82) is 0 Å². The third kappa shape index (κ3) is 5.78. The number of hydrogen-bond acceptors (Lipinski definition) is 6. The van der Waals surface area contributed by atoms with E-state index in [4.69, 9.17) is 16.3 Å². The number of aryl methyl sites for hydroxylation is 1. The Morgan fingerprint density at radius 2 is 2.00 bits per heavy atom. The standard InChI is InChI=1S/C22H31ClN4O5/c1-15-25-27(21(30)26(15)12-17(28)13-32-2)16-7-8-19(23)18(11-16)20(29)24-14-22(31)9-5-3-4-6-10-22/h7-8,11,17,28,31H,3-6,9-10,12-14H2,1-2H3,(H,24,29). The minimum atomic E-state index is -0.911. The topological polar surface area (TPSA) is 119 Å². The van der Waals surface area contributed by atoms with Crippen LogP contribution < -0.4 is 11.0 Å². The van der Waals surface area contributed by atoms with Gasteiger partial charge in [-0.15, -0.1) is 0 Å². The Kier molecular flexibility index (Phi) is 8.10. The number of rotatable bonds is 8. The van der Waals surface area contributed by atoms with Gasteiger partial charge in [-0.3, -0.25) is 9.36 Å². The summed E-state index contributed by atoms with van der Waals surface area (Å²) in [6.07, 6.45) is 4.51. The average molecular weight is 467 g/mol. The van der Waals surface area contributed by atoms with Gasteiger partial charge in [0.2, 0.25) is 0 Å². The fourth-order valence-electron chi connectivity index (χ4n) is 4.05. The molecule has 3 rings (SSSR count). The van der Waals surface area contributed by atoms with Crippen LogP contribution in [0.5, 0.6) is 0 Å². The lowest BCUT2D eigenvalue weighted by Crippen LogP contribution is -2.42. The number of aromatic nitrogens is 3. The van der Waals surface area contributed by atoms with Gasteiger partial charge in [-0.2, -0.15) is 9.78 Å². The van der Waals surface area contributed by atoms with E-state index in [2.05, 4.69) is 10.4 Å². The summed E-state index contributed by atoms with van der Waals surface area (Å²) in [5, 5.41) is 28.1. The van der Waals surface area contributed by atoms with Gasteiger partial charge in [0.05, 0.1) is 41.1 Å². The summed E-state index contributed by atoms with van der Waals surface area (Å²) < 4.78 is 7.43. The van der Waals surface area contributed by atoms with Crippen molar-refractivity contribution in [2.45, 2.75) is 63.7 Å². The molecule has 0 saturated heterocycles. The molecule has 1 amide bonds. The number of nitrogens with zero attached hydrogens (tertiary/aromatic N) is 3. The Morgan fingerprint density at radius 3 is 2.66 bits per heavy atom. The van der Waals surface area contributed by atoms with Crippen LogP contribution in [0.4, 0.5) is 0 Å². The molecule has 0 bridgehead atoms. The minimum absolute atomic E-state index is 0.0397. The largest absolute Gasteiger partial charge is 0.389 e. The van der Waals surface area contributed by atoms with Crippen LogP contribution in [0.1, 0.15) is 54.7 Å². The molecule has 1 saturated carbocycles. The third-order valence-corrected chi connectivity index (χ3v) is 6.18. The van der Waals surface area contributed by atoms with Crippen molar-refractivity contribution in [3.8, 4) is 5.69 Å². The first kappa shape index (κ1) is 24.4. The second-order valence-corrected chi connectivity index (χ2v) is 8.85.